The van der Waals surface area contributed by atoms with Crippen molar-refractivity contribution in [1.82, 2.24) is 5.48 Å². The number of carbonyl (C=O) groups is 1. The molecule has 1 aromatic carbocycles. The fraction of sp³-hybridized carbons (Fsp3) is 0.611. The van der Waals surface area contributed by atoms with Crippen molar-refractivity contribution in [3.8, 4) is 0 Å². The zero-order valence-corrected chi connectivity index (χ0v) is 13.8. The van der Waals surface area contributed by atoms with Gasteiger partial charge in [0.2, 0.25) is 0 Å². The highest BCUT2D eigenvalue weighted by Gasteiger charge is 2.24. The highest BCUT2D eigenvalue weighted by atomic mass is 16.6. The van der Waals surface area contributed by atoms with Crippen LogP contribution in [0.5, 0.6) is 0 Å². The molecule has 0 radical (unpaired) electrons. The van der Waals surface area contributed by atoms with Gasteiger partial charge in [0.25, 0.3) is 0 Å². The summed E-state index contributed by atoms with van der Waals surface area (Å²) in [4.78, 5) is 12.3. The fourth-order valence-electron chi connectivity index (χ4n) is 2.52. The molecule has 0 heterocycles. The number of ether oxygens (including phenoxy) is 1. The molecular weight excluding hydrogens is 278 g/mol. The number of rotatable bonds is 11. The maximum Gasteiger partial charge on any atom is 0.330 e. The third-order valence-corrected chi connectivity index (χ3v) is 3.77. The Morgan fingerprint density at radius 1 is 1.09 bits per heavy atom. The van der Waals surface area contributed by atoms with Gasteiger partial charge >= 0.3 is 5.97 Å². The predicted octanol–water partition coefficient (Wildman–Crippen LogP) is 4.39. The first-order chi connectivity index (χ1) is 10.7. The third-order valence-electron chi connectivity index (χ3n) is 3.77. The van der Waals surface area contributed by atoms with Crippen molar-refractivity contribution in [2.24, 2.45) is 0 Å². The number of unbranched alkanes of at least 4 members (excludes halogenated alkanes) is 3. The lowest BCUT2D eigenvalue weighted by Crippen LogP contribution is -2.31. The van der Waals surface area contributed by atoms with Crippen molar-refractivity contribution in [3.63, 3.8) is 0 Å². The first-order valence-electron chi connectivity index (χ1n) is 8.37. The molecule has 0 aliphatic carbocycles. The molecule has 22 heavy (non-hydrogen) atoms. The van der Waals surface area contributed by atoms with E-state index in [0.717, 1.165) is 25.7 Å². The van der Waals surface area contributed by atoms with Gasteiger partial charge in [0.15, 0.2) is 6.04 Å². The van der Waals surface area contributed by atoms with E-state index in [1.807, 2.05) is 18.2 Å². The maximum atomic E-state index is 12.3. The van der Waals surface area contributed by atoms with Crippen molar-refractivity contribution in [3.05, 3.63) is 35.9 Å². The molecule has 4 heteroatoms. The second kappa shape index (κ2) is 11.2. The fourth-order valence-corrected chi connectivity index (χ4v) is 2.52. The van der Waals surface area contributed by atoms with E-state index in [1.54, 1.807) is 12.1 Å². The molecule has 0 aliphatic heterocycles. The van der Waals surface area contributed by atoms with Crippen molar-refractivity contribution in [2.75, 3.05) is 0 Å². The predicted molar refractivity (Wildman–Crippen MR) is 87.7 cm³/mol. The molecule has 4 nitrogen and oxygen atoms in total. The van der Waals surface area contributed by atoms with Gasteiger partial charge in [-0.2, -0.15) is 5.48 Å². The lowest BCUT2D eigenvalue weighted by molar-refractivity contribution is -0.155. The molecule has 2 N–H and O–H groups in total. The first-order valence-corrected chi connectivity index (χ1v) is 8.37. The van der Waals surface area contributed by atoms with Gasteiger partial charge in [0.05, 0.1) is 0 Å². The Bertz CT molecular complexity index is 408. The van der Waals surface area contributed by atoms with Crippen LogP contribution in [-0.2, 0) is 9.53 Å². The molecule has 1 rings (SSSR count). The molecule has 0 aliphatic rings. The molecular formula is C18H29NO3. The van der Waals surface area contributed by atoms with E-state index < -0.39 is 12.0 Å². The van der Waals surface area contributed by atoms with Crippen LogP contribution in [0.25, 0.3) is 0 Å². The Labute approximate surface area is 133 Å². The van der Waals surface area contributed by atoms with Crippen LogP contribution in [0.15, 0.2) is 30.3 Å². The highest BCUT2D eigenvalue weighted by Crippen LogP contribution is 2.18. The molecule has 0 aromatic heterocycles. The average molecular weight is 307 g/mol. The van der Waals surface area contributed by atoms with Crippen LogP contribution in [0.4, 0.5) is 0 Å². The van der Waals surface area contributed by atoms with E-state index in [-0.39, 0.29) is 6.10 Å². The van der Waals surface area contributed by atoms with Crippen LogP contribution >= 0.6 is 0 Å². The SMILES string of the molecule is CCCCCCC(CCC)OC(=O)C(NO)c1ccccc1. The molecule has 2 unspecified atom stereocenters. The van der Waals surface area contributed by atoms with Gasteiger partial charge in [-0.15, -0.1) is 0 Å². The van der Waals surface area contributed by atoms with E-state index in [9.17, 15) is 10.0 Å². The number of benzene rings is 1. The molecule has 0 saturated heterocycles. The maximum absolute atomic E-state index is 12.3. The molecule has 0 bridgehead atoms. The Hall–Kier alpha value is -1.39. The summed E-state index contributed by atoms with van der Waals surface area (Å²) < 4.78 is 5.62. The molecule has 0 spiro atoms. The Morgan fingerprint density at radius 2 is 1.82 bits per heavy atom. The normalized spacial score (nSPS) is 13.6. The lowest BCUT2D eigenvalue weighted by atomic mass is 10.0. The van der Waals surface area contributed by atoms with E-state index in [4.69, 9.17) is 4.74 Å². The van der Waals surface area contributed by atoms with Crippen molar-refractivity contribution in [1.29, 1.82) is 0 Å². The summed E-state index contributed by atoms with van der Waals surface area (Å²) in [5, 5.41) is 9.29. The molecule has 2 atom stereocenters. The minimum absolute atomic E-state index is 0.0612. The largest absolute Gasteiger partial charge is 0.461 e. The quantitative estimate of drug-likeness (QED) is 0.362. The second-order valence-corrected chi connectivity index (χ2v) is 5.67. The third kappa shape index (κ3) is 6.58. The standard InChI is InChI=1S/C18H29NO3/c1-3-5-6-10-14-16(11-4-2)22-18(20)17(19-21)15-12-8-7-9-13-15/h7-9,12-13,16-17,19,21H,3-6,10-11,14H2,1-2H3. The van der Waals surface area contributed by atoms with Crippen molar-refractivity contribution >= 4 is 5.97 Å². The minimum Gasteiger partial charge on any atom is -0.461 e. The summed E-state index contributed by atoms with van der Waals surface area (Å²) in [7, 11) is 0. The van der Waals surface area contributed by atoms with Crippen LogP contribution in [0, 0.1) is 0 Å². The van der Waals surface area contributed by atoms with Crippen LogP contribution in [0.3, 0.4) is 0 Å². The molecule has 0 fully saturated rings. The zero-order chi connectivity index (χ0) is 16.2. The Balaban J connectivity index is 2.56. The summed E-state index contributed by atoms with van der Waals surface area (Å²) in [5.74, 6) is -0.414. The number of hydrogen-bond acceptors (Lipinski definition) is 4. The van der Waals surface area contributed by atoms with Gasteiger partial charge in [-0.05, 0) is 24.8 Å². The van der Waals surface area contributed by atoms with E-state index in [1.165, 1.54) is 19.3 Å². The molecule has 124 valence electrons. The van der Waals surface area contributed by atoms with Crippen LogP contribution < -0.4 is 5.48 Å². The lowest BCUT2D eigenvalue weighted by Gasteiger charge is -2.21. The van der Waals surface area contributed by atoms with Crippen molar-refractivity contribution in [2.45, 2.75) is 70.9 Å². The number of esters is 1. The van der Waals surface area contributed by atoms with Crippen molar-refractivity contribution < 1.29 is 14.7 Å². The number of hydrogen-bond donors (Lipinski definition) is 2. The molecule has 0 amide bonds. The van der Waals surface area contributed by atoms with Crippen LogP contribution in [0.1, 0.15) is 70.4 Å². The van der Waals surface area contributed by atoms with E-state index in [2.05, 4.69) is 19.3 Å². The summed E-state index contributed by atoms with van der Waals surface area (Å²) in [6, 6.07) is 8.31. The first kappa shape index (κ1) is 18.7. The number of carbonyl (C=O) groups excluding carboxylic acids is 1. The monoisotopic (exact) mass is 307 g/mol. The van der Waals surface area contributed by atoms with Gasteiger partial charge in [0.1, 0.15) is 6.10 Å². The molecule has 0 saturated carbocycles. The smallest absolute Gasteiger partial charge is 0.330 e. The van der Waals surface area contributed by atoms with Crippen LogP contribution in [-0.4, -0.2) is 17.3 Å². The average Bonchev–Trinajstić information content (AvgIpc) is 2.53. The second-order valence-electron chi connectivity index (χ2n) is 5.67. The van der Waals surface area contributed by atoms with Gasteiger partial charge in [-0.25, -0.2) is 4.79 Å². The number of hydroxylamine groups is 1. The highest BCUT2D eigenvalue weighted by molar-refractivity contribution is 5.77. The Kier molecular flexibility index (Phi) is 9.51. The van der Waals surface area contributed by atoms with Gasteiger partial charge in [-0.1, -0.05) is 69.9 Å². The summed E-state index contributed by atoms with van der Waals surface area (Å²) in [6.07, 6.45) is 7.35. The summed E-state index contributed by atoms with van der Waals surface area (Å²) in [6.45, 7) is 4.27. The van der Waals surface area contributed by atoms with E-state index in [0.29, 0.717) is 5.56 Å². The molecule has 1 aromatic rings. The minimum atomic E-state index is -0.823. The van der Waals surface area contributed by atoms with Crippen LogP contribution in [0.2, 0.25) is 0 Å². The number of nitrogens with one attached hydrogen (secondary N) is 1. The van der Waals surface area contributed by atoms with Gasteiger partial charge in [0, 0.05) is 0 Å². The van der Waals surface area contributed by atoms with E-state index >= 15 is 0 Å². The summed E-state index contributed by atoms with van der Waals surface area (Å²) >= 11 is 0. The van der Waals surface area contributed by atoms with Gasteiger partial charge < -0.3 is 9.94 Å². The summed E-state index contributed by atoms with van der Waals surface area (Å²) in [5.41, 5.74) is 2.77. The zero-order valence-electron chi connectivity index (χ0n) is 13.8. The van der Waals surface area contributed by atoms with Gasteiger partial charge in [-0.3, -0.25) is 0 Å². The topological polar surface area (TPSA) is 58.6 Å². The Morgan fingerprint density at radius 3 is 2.41 bits per heavy atom.